The minimum atomic E-state index is 0.780. The number of benzene rings is 1. The molecule has 96 valence electrons. The maximum atomic E-state index is 5.84. The van der Waals surface area contributed by atoms with E-state index in [1.54, 1.807) is 23.1 Å². The Morgan fingerprint density at radius 3 is 2.56 bits per heavy atom. The van der Waals surface area contributed by atoms with Crippen molar-refractivity contribution < 1.29 is 0 Å². The first kappa shape index (κ1) is 14.0. The van der Waals surface area contributed by atoms with E-state index in [1.165, 1.54) is 4.90 Å². The Morgan fingerprint density at radius 2 is 1.89 bits per heavy atom. The SMILES string of the molecule is CNc1nnc(SCCSc2ccc(Cl)cc2)s1. The minimum absolute atomic E-state index is 0.780. The third-order valence-electron chi connectivity index (χ3n) is 2.01. The summed E-state index contributed by atoms with van der Waals surface area (Å²) in [5.41, 5.74) is 0. The molecule has 18 heavy (non-hydrogen) atoms. The average Bonchev–Trinajstić information content (AvgIpc) is 2.85. The Kier molecular flexibility index (Phi) is 5.62. The van der Waals surface area contributed by atoms with E-state index in [9.17, 15) is 0 Å². The molecule has 3 nitrogen and oxygen atoms in total. The molecule has 0 amide bonds. The van der Waals surface area contributed by atoms with E-state index in [0.717, 1.165) is 26.0 Å². The molecule has 7 heteroatoms. The highest BCUT2D eigenvalue weighted by Gasteiger charge is 2.02. The van der Waals surface area contributed by atoms with E-state index in [-0.39, 0.29) is 0 Å². The molecule has 1 heterocycles. The molecular formula is C11H12ClN3S3. The van der Waals surface area contributed by atoms with Crippen molar-refractivity contribution in [1.82, 2.24) is 10.2 Å². The molecule has 0 saturated heterocycles. The fraction of sp³-hybridized carbons (Fsp3) is 0.273. The van der Waals surface area contributed by atoms with Crippen LogP contribution in [0.5, 0.6) is 0 Å². The minimum Gasteiger partial charge on any atom is -0.363 e. The topological polar surface area (TPSA) is 37.8 Å². The second-order valence-corrected chi connectivity index (χ2v) is 7.20. The van der Waals surface area contributed by atoms with Crippen molar-refractivity contribution in [2.45, 2.75) is 9.24 Å². The Morgan fingerprint density at radius 1 is 1.17 bits per heavy atom. The molecule has 2 rings (SSSR count). The van der Waals surface area contributed by atoms with Crippen LogP contribution in [-0.2, 0) is 0 Å². The van der Waals surface area contributed by atoms with Crippen molar-refractivity contribution in [2.75, 3.05) is 23.9 Å². The Bertz CT molecular complexity index is 487. The zero-order valence-corrected chi connectivity index (χ0v) is 12.9. The van der Waals surface area contributed by atoms with Crippen molar-refractivity contribution in [3.05, 3.63) is 29.3 Å². The normalized spacial score (nSPS) is 10.6. The summed E-state index contributed by atoms with van der Waals surface area (Å²) in [6.45, 7) is 0. The molecule has 0 aliphatic heterocycles. The van der Waals surface area contributed by atoms with Crippen molar-refractivity contribution in [2.24, 2.45) is 0 Å². The highest BCUT2D eigenvalue weighted by atomic mass is 35.5. The molecule has 2 aromatic rings. The molecule has 0 radical (unpaired) electrons. The smallest absolute Gasteiger partial charge is 0.206 e. The van der Waals surface area contributed by atoms with Gasteiger partial charge in [-0.3, -0.25) is 0 Å². The zero-order chi connectivity index (χ0) is 12.8. The molecule has 1 aromatic heterocycles. The van der Waals surface area contributed by atoms with Crippen LogP contribution in [0, 0.1) is 0 Å². The van der Waals surface area contributed by atoms with Crippen molar-refractivity contribution in [3.63, 3.8) is 0 Å². The fourth-order valence-corrected chi connectivity index (χ4v) is 3.97. The average molecular weight is 318 g/mol. The number of hydrogen-bond acceptors (Lipinski definition) is 6. The molecule has 0 aliphatic carbocycles. The molecule has 1 aromatic carbocycles. The third-order valence-corrected chi connectivity index (χ3v) is 5.61. The van der Waals surface area contributed by atoms with Crippen LogP contribution < -0.4 is 5.32 Å². The summed E-state index contributed by atoms with van der Waals surface area (Å²) in [5.74, 6) is 2.06. The van der Waals surface area contributed by atoms with Gasteiger partial charge in [0.05, 0.1) is 0 Å². The van der Waals surface area contributed by atoms with E-state index < -0.39 is 0 Å². The number of aromatic nitrogens is 2. The first-order valence-electron chi connectivity index (χ1n) is 5.30. The van der Waals surface area contributed by atoms with Gasteiger partial charge in [0.2, 0.25) is 5.13 Å². The molecule has 0 unspecified atom stereocenters. The van der Waals surface area contributed by atoms with Crippen molar-refractivity contribution >= 4 is 51.6 Å². The summed E-state index contributed by atoms with van der Waals surface area (Å²) in [4.78, 5) is 1.24. The monoisotopic (exact) mass is 317 g/mol. The molecule has 0 bridgehead atoms. The first-order chi connectivity index (χ1) is 8.78. The lowest BCUT2D eigenvalue weighted by Gasteiger charge is -2.00. The number of nitrogens with one attached hydrogen (secondary N) is 1. The van der Waals surface area contributed by atoms with E-state index in [1.807, 2.05) is 43.1 Å². The van der Waals surface area contributed by atoms with Crippen LogP contribution in [0.3, 0.4) is 0 Å². The van der Waals surface area contributed by atoms with Crippen LogP contribution in [0.4, 0.5) is 5.13 Å². The molecule has 0 aliphatic rings. The third kappa shape index (κ3) is 4.35. The zero-order valence-electron chi connectivity index (χ0n) is 9.72. The van der Waals surface area contributed by atoms with Crippen LogP contribution in [0.25, 0.3) is 0 Å². The fourth-order valence-electron chi connectivity index (χ4n) is 1.19. The summed E-state index contributed by atoms with van der Waals surface area (Å²) in [7, 11) is 1.85. The van der Waals surface area contributed by atoms with Gasteiger partial charge in [0.15, 0.2) is 4.34 Å². The van der Waals surface area contributed by atoms with Gasteiger partial charge in [-0.15, -0.1) is 22.0 Å². The van der Waals surface area contributed by atoms with Gasteiger partial charge in [-0.2, -0.15) is 0 Å². The summed E-state index contributed by atoms with van der Waals surface area (Å²) in [6, 6.07) is 7.92. The lowest BCUT2D eigenvalue weighted by atomic mass is 10.4. The van der Waals surface area contributed by atoms with Gasteiger partial charge in [-0.25, -0.2) is 0 Å². The summed E-state index contributed by atoms with van der Waals surface area (Å²) in [5, 5.41) is 12.7. The second kappa shape index (κ2) is 7.23. The van der Waals surface area contributed by atoms with Gasteiger partial charge in [0.1, 0.15) is 0 Å². The second-order valence-electron chi connectivity index (χ2n) is 3.27. The van der Waals surface area contributed by atoms with Crippen molar-refractivity contribution in [3.8, 4) is 0 Å². The summed E-state index contributed by atoms with van der Waals surface area (Å²) < 4.78 is 1.01. The Balaban J connectivity index is 1.71. The molecule has 0 spiro atoms. The number of nitrogens with zero attached hydrogens (tertiary/aromatic N) is 2. The van der Waals surface area contributed by atoms with Crippen LogP contribution >= 0.6 is 46.5 Å². The highest BCUT2D eigenvalue weighted by molar-refractivity contribution is 8.03. The van der Waals surface area contributed by atoms with Gasteiger partial charge in [-0.05, 0) is 24.3 Å². The lowest BCUT2D eigenvalue weighted by molar-refractivity contribution is 1.01. The number of thioether (sulfide) groups is 2. The van der Waals surface area contributed by atoms with E-state index in [0.29, 0.717) is 0 Å². The predicted molar refractivity (Wildman–Crippen MR) is 82.4 cm³/mol. The molecule has 0 saturated carbocycles. The number of halogens is 1. The van der Waals surface area contributed by atoms with Crippen molar-refractivity contribution in [1.29, 1.82) is 0 Å². The van der Waals surface area contributed by atoms with Gasteiger partial charge in [0, 0.05) is 28.5 Å². The molecular weight excluding hydrogens is 306 g/mol. The van der Waals surface area contributed by atoms with Crippen LogP contribution in [0.1, 0.15) is 0 Å². The largest absolute Gasteiger partial charge is 0.363 e. The number of rotatable bonds is 6. The Hall–Kier alpha value is -0.430. The quantitative estimate of drug-likeness (QED) is 0.641. The van der Waals surface area contributed by atoms with E-state index in [4.69, 9.17) is 11.6 Å². The lowest BCUT2D eigenvalue weighted by Crippen LogP contribution is -1.84. The van der Waals surface area contributed by atoms with Crippen LogP contribution in [0.2, 0.25) is 5.02 Å². The predicted octanol–water partition coefficient (Wildman–Crippen LogP) is 4.12. The number of anilines is 1. The van der Waals surface area contributed by atoms with Gasteiger partial charge >= 0.3 is 0 Å². The van der Waals surface area contributed by atoms with Gasteiger partial charge < -0.3 is 5.32 Å². The number of hydrogen-bond donors (Lipinski definition) is 1. The van der Waals surface area contributed by atoms with Gasteiger partial charge in [0.25, 0.3) is 0 Å². The van der Waals surface area contributed by atoms with E-state index in [2.05, 4.69) is 15.5 Å². The summed E-state index contributed by atoms with van der Waals surface area (Å²) in [6.07, 6.45) is 0. The standard InChI is InChI=1S/C11H12ClN3S3/c1-13-10-14-15-11(18-10)17-7-6-16-9-4-2-8(12)3-5-9/h2-5H,6-7H2,1H3,(H,13,14). The summed E-state index contributed by atoms with van der Waals surface area (Å²) >= 11 is 11.0. The maximum Gasteiger partial charge on any atom is 0.206 e. The molecule has 0 fully saturated rings. The van der Waals surface area contributed by atoms with Crippen LogP contribution in [-0.4, -0.2) is 28.8 Å². The molecule has 0 atom stereocenters. The van der Waals surface area contributed by atoms with Crippen LogP contribution in [0.15, 0.2) is 33.5 Å². The van der Waals surface area contributed by atoms with Gasteiger partial charge in [-0.1, -0.05) is 34.7 Å². The van der Waals surface area contributed by atoms with E-state index >= 15 is 0 Å². The Labute approximate surface area is 124 Å². The molecule has 1 N–H and O–H groups in total. The highest BCUT2D eigenvalue weighted by Crippen LogP contribution is 2.27. The first-order valence-corrected chi connectivity index (χ1v) is 8.47. The maximum absolute atomic E-state index is 5.84.